The molecule has 1 aromatic heterocycles. The summed E-state index contributed by atoms with van der Waals surface area (Å²) in [6.07, 6.45) is 7.36. The Morgan fingerprint density at radius 3 is 2.86 bits per heavy atom. The predicted molar refractivity (Wildman–Crippen MR) is 87.5 cm³/mol. The lowest BCUT2D eigenvalue weighted by Crippen LogP contribution is -2.21. The predicted octanol–water partition coefficient (Wildman–Crippen LogP) is 3.70. The summed E-state index contributed by atoms with van der Waals surface area (Å²) in [5, 5.41) is 0. The number of hydrogen-bond donors (Lipinski definition) is 1. The number of H-pyrrole nitrogens is 1. The molecule has 2 aromatic rings. The molecule has 112 valence electrons. The normalized spacial score (nSPS) is 15.5. The van der Waals surface area contributed by atoms with Crippen molar-refractivity contribution in [2.75, 3.05) is 26.2 Å². The first-order valence-electron chi connectivity index (χ1n) is 7.47. The van der Waals surface area contributed by atoms with Crippen LogP contribution in [0.5, 0.6) is 5.75 Å². The SMILES string of the molecule is Brc1cc(OCCCN2CCCC2)ccc1-c1ncc[nH]1. The number of imidazole rings is 1. The van der Waals surface area contributed by atoms with Crippen molar-refractivity contribution in [1.29, 1.82) is 0 Å². The van der Waals surface area contributed by atoms with Crippen LogP contribution in [0.25, 0.3) is 11.4 Å². The van der Waals surface area contributed by atoms with E-state index in [0.29, 0.717) is 0 Å². The number of aromatic amines is 1. The zero-order valence-electron chi connectivity index (χ0n) is 12.0. The van der Waals surface area contributed by atoms with E-state index in [2.05, 4.69) is 30.8 Å². The molecule has 21 heavy (non-hydrogen) atoms. The molecule has 0 amide bonds. The van der Waals surface area contributed by atoms with Crippen LogP contribution in [0.2, 0.25) is 0 Å². The van der Waals surface area contributed by atoms with Crippen molar-refractivity contribution in [3.05, 3.63) is 35.1 Å². The number of nitrogens with one attached hydrogen (secondary N) is 1. The average molecular weight is 350 g/mol. The molecule has 5 heteroatoms. The van der Waals surface area contributed by atoms with E-state index in [-0.39, 0.29) is 0 Å². The van der Waals surface area contributed by atoms with Gasteiger partial charge < -0.3 is 14.6 Å². The molecule has 1 saturated heterocycles. The fourth-order valence-corrected chi connectivity index (χ4v) is 3.22. The van der Waals surface area contributed by atoms with Crippen LogP contribution >= 0.6 is 15.9 Å². The summed E-state index contributed by atoms with van der Waals surface area (Å²) in [6.45, 7) is 4.42. The maximum absolute atomic E-state index is 5.83. The molecule has 0 spiro atoms. The monoisotopic (exact) mass is 349 g/mol. The van der Waals surface area contributed by atoms with Gasteiger partial charge in [-0.2, -0.15) is 0 Å². The molecule has 1 aliphatic heterocycles. The average Bonchev–Trinajstić information content (AvgIpc) is 3.17. The molecular formula is C16H20BrN3O. The van der Waals surface area contributed by atoms with Gasteiger partial charge >= 0.3 is 0 Å². The summed E-state index contributed by atoms with van der Waals surface area (Å²) in [5.41, 5.74) is 1.05. The molecule has 1 N–H and O–H groups in total. The first kappa shape index (κ1) is 14.6. The minimum Gasteiger partial charge on any atom is -0.494 e. The highest BCUT2D eigenvalue weighted by molar-refractivity contribution is 9.10. The zero-order chi connectivity index (χ0) is 14.5. The van der Waals surface area contributed by atoms with Crippen LogP contribution < -0.4 is 4.74 Å². The molecule has 0 atom stereocenters. The molecule has 1 fully saturated rings. The second kappa shape index (κ2) is 7.09. The molecule has 0 unspecified atom stereocenters. The standard InChI is InChI=1S/C16H20BrN3O/c17-15-12-13(4-5-14(15)16-18-6-7-19-16)21-11-3-10-20-8-1-2-9-20/h4-7,12H,1-3,8-11H2,(H,18,19). The molecular weight excluding hydrogens is 330 g/mol. The molecule has 3 rings (SSSR count). The van der Waals surface area contributed by atoms with E-state index in [1.807, 2.05) is 24.4 Å². The van der Waals surface area contributed by atoms with Crippen molar-refractivity contribution in [2.45, 2.75) is 19.3 Å². The Hall–Kier alpha value is -1.33. The van der Waals surface area contributed by atoms with Gasteiger partial charge in [0.05, 0.1) is 6.61 Å². The summed E-state index contributed by atoms with van der Waals surface area (Å²) in [7, 11) is 0. The van der Waals surface area contributed by atoms with Gasteiger partial charge in [0.2, 0.25) is 0 Å². The minimum atomic E-state index is 0.767. The number of benzene rings is 1. The smallest absolute Gasteiger partial charge is 0.138 e. The third kappa shape index (κ3) is 3.86. The first-order valence-corrected chi connectivity index (χ1v) is 8.27. The fourth-order valence-electron chi connectivity index (χ4n) is 2.67. The largest absolute Gasteiger partial charge is 0.494 e. The van der Waals surface area contributed by atoms with E-state index in [1.165, 1.54) is 25.9 Å². The topological polar surface area (TPSA) is 41.1 Å². The van der Waals surface area contributed by atoms with Crippen LogP contribution in [0.1, 0.15) is 19.3 Å². The number of halogens is 1. The quantitative estimate of drug-likeness (QED) is 0.808. The van der Waals surface area contributed by atoms with Crippen LogP contribution in [0.3, 0.4) is 0 Å². The lowest BCUT2D eigenvalue weighted by molar-refractivity contribution is 0.263. The van der Waals surface area contributed by atoms with Gasteiger partial charge in [-0.05, 0) is 66.5 Å². The number of likely N-dealkylation sites (tertiary alicyclic amines) is 1. The molecule has 1 aliphatic rings. The second-order valence-corrected chi connectivity index (χ2v) is 6.18. The van der Waals surface area contributed by atoms with Gasteiger partial charge in [-0.15, -0.1) is 0 Å². The Bertz CT molecular complexity index is 565. The van der Waals surface area contributed by atoms with Crippen molar-refractivity contribution in [3.63, 3.8) is 0 Å². The Morgan fingerprint density at radius 1 is 1.29 bits per heavy atom. The molecule has 0 aliphatic carbocycles. The lowest BCUT2D eigenvalue weighted by atomic mass is 10.2. The highest BCUT2D eigenvalue weighted by atomic mass is 79.9. The number of ether oxygens (including phenoxy) is 1. The van der Waals surface area contributed by atoms with Crippen molar-refractivity contribution >= 4 is 15.9 Å². The van der Waals surface area contributed by atoms with Gasteiger partial charge in [-0.25, -0.2) is 4.98 Å². The number of nitrogens with zero attached hydrogens (tertiary/aromatic N) is 2. The van der Waals surface area contributed by atoms with Crippen LogP contribution in [0, 0.1) is 0 Å². The summed E-state index contributed by atoms with van der Waals surface area (Å²) in [5.74, 6) is 1.76. The van der Waals surface area contributed by atoms with Gasteiger partial charge in [-0.1, -0.05) is 0 Å². The Balaban J connectivity index is 1.51. The molecule has 4 nitrogen and oxygen atoms in total. The molecule has 0 radical (unpaired) electrons. The number of hydrogen-bond acceptors (Lipinski definition) is 3. The summed E-state index contributed by atoms with van der Waals surface area (Å²) < 4.78 is 6.83. The maximum atomic E-state index is 5.83. The fraction of sp³-hybridized carbons (Fsp3) is 0.438. The van der Waals surface area contributed by atoms with Crippen LogP contribution in [0.4, 0.5) is 0 Å². The van der Waals surface area contributed by atoms with Gasteiger partial charge in [0.25, 0.3) is 0 Å². The highest BCUT2D eigenvalue weighted by Crippen LogP contribution is 2.29. The second-order valence-electron chi connectivity index (χ2n) is 5.33. The van der Waals surface area contributed by atoms with E-state index >= 15 is 0 Å². The van der Waals surface area contributed by atoms with Crippen molar-refractivity contribution in [3.8, 4) is 17.1 Å². The maximum Gasteiger partial charge on any atom is 0.138 e. The highest BCUT2D eigenvalue weighted by Gasteiger charge is 2.10. The van der Waals surface area contributed by atoms with Crippen LogP contribution in [-0.2, 0) is 0 Å². The van der Waals surface area contributed by atoms with Crippen LogP contribution in [-0.4, -0.2) is 41.1 Å². The van der Waals surface area contributed by atoms with Crippen molar-refractivity contribution in [1.82, 2.24) is 14.9 Å². The van der Waals surface area contributed by atoms with Crippen LogP contribution in [0.15, 0.2) is 35.1 Å². The molecule has 0 bridgehead atoms. The van der Waals surface area contributed by atoms with Gasteiger partial charge in [0.1, 0.15) is 11.6 Å². The molecule has 2 heterocycles. The van der Waals surface area contributed by atoms with E-state index in [9.17, 15) is 0 Å². The lowest BCUT2D eigenvalue weighted by Gasteiger charge is -2.14. The number of rotatable bonds is 6. The summed E-state index contributed by atoms with van der Waals surface area (Å²) >= 11 is 3.58. The van der Waals surface area contributed by atoms with E-state index < -0.39 is 0 Å². The van der Waals surface area contributed by atoms with Gasteiger partial charge in [-0.3, -0.25) is 0 Å². The van der Waals surface area contributed by atoms with Crippen molar-refractivity contribution < 1.29 is 4.74 Å². The Kier molecular flexibility index (Phi) is 4.93. The van der Waals surface area contributed by atoms with E-state index in [4.69, 9.17) is 4.74 Å². The van der Waals surface area contributed by atoms with E-state index in [1.54, 1.807) is 6.20 Å². The molecule has 1 aromatic carbocycles. The summed E-state index contributed by atoms with van der Waals surface area (Å²) in [6, 6.07) is 6.03. The zero-order valence-corrected chi connectivity index (χ0v) is 13.6. The molecule has 0 saturated carbocycles. The van der Waals surface area contributed by atoms with Gasteiger partial charge in [0.15, 0.2) is 0 Å². The van der Waals surface area contributed by atoms with Gasteiger partial charge in [0, 0.05) is 29.0 Å². The summed E-state index contributed by atoms with van der Waals surface area (Å²) in [4.78, 5) is 9.89. The Labute approximate surface area is 133 Å². The van der Waals surface area contributed by atoms with Crippen molar-refractivity contribution in [2.24, 2.45) is 0 Å². The first-order chi connectivity index (χ1) is 10.3. The van der Waals surface area contributed by atoms with E-state index in [0.717, 1.165) is 41.2 Å². The number of aromatic nitrogens is 2. The minimum absolute atomic E-state index is 0.767. The third-order valence-electron chi connectivity index (χ3n) is 3.78. The third-order valence-corrected chi connectivity index (χ3v) is 4.44. The Morgan fingerprint density at radius 2 is 2.14 bits per heavy atom.